The highest BCUT2D eigenvalue weighted by atomic mass is 19.1. The van der Waals surface area contributed by atoms with Crippen LogP contribution in [0, 0.1) is 12.7 Å². The first-order chi connectivity index (χ1) is 10.1. The predicted octanol–water partition coefficient (Wildman–Crippen LogP) is 3.26. The van der Waals surface area contributed by atoms with E-state index in [-0.39, 0.29) is 17.5 Å². The molecule has 5 nitrogen and oxygen atoms in total. The van der Waals surface area contributed by atoms with Crippen LogP contribution < -0.4 is 0 Å². The van der Waals surface area contributed by atoms with E-state index in [0.717, 1.165) is 6.07 Å². The van der Waals surface area contributed by atoms with E-state index in [2.05, 4.69) is 10.1 Å². The van der Waals surface area contributed by atoms with Gasteiger partial charge >= 0.3 is 0 Å². The number of nitrogens with zero attached hydrogens (tertiary/aromatic N) is 2. The van der Waals surface area contributed by atoms with Crippen LogP contribution in [0.3, 0.4) is 0 Å². The third-order valence-corrected chi connectivity index (χ3v) is 3.17. The van der Waals surface area contributed by atoms with Gasteiger partial charge in [0.25, 0.3) is 5.89 Å². The van der Waals surface area contributed by atoms with Crippen molar-refractivity contribution in [3.63, 3.8) is 0 Å². The van der Waals surface area contributed by atoms with E-state index in [0.29, 0.717) is 16.7 Å². The molecule has 0 aliphatic heterocycles. The van der Waals surface area contributed by atoms with Gasteiger partial charge in [-0.3, -0.25) is 0 Å². The van der Waals surface area contributed by atoms with Gasteiger partial charge in [-0.25, -0.2) is 4.39 Å². The molecular formula is C15H11FN2O3. The standard InChI is InChI=1S/C15H11FN2O3/c1-8-10(3-2-4-12(8)19)15-17-14(18-21-15)9-5-6-13(20)11(16)7-9/h2-7,19-20H,1H3. The van der Waals surface area contributed by atoms with Crippen molar-refractivity contribution in [2.24, 2.45) is 0 Å². The molecule has 0 saturated carbocycles. The van der Waals surface area contributed by atoms with Gasteiger partial charge in [0.1, 0.15) is 5.75 Å². The molecule has 0 saturated heterocycles. The van der Waals surface area contributed by atoms with Crippen molar-refractivity contribution in [3.8, 4) is 34.3 Å². The topological polar surface area (TPSA) is 79.4 Å². The first kappa shape index (κ1) is 13.1. The Balaban J connectivity index is 2.03. The second-order valence-corrected chi connectivity index (χ2v) is 4.54. The van der Waals surface area contributed by atoms with Crippen LogP contribution in [-0.2, 0) is 0 Å². The molecule has 0 aliphatic rings. The van der Waals surface area contributed by atoms with Crippen LogP contribution in [0.25, 0.3) is 22.8 Å². The van der Waals surface area contributed by atoms with Gasteiger partial charge < -0.3 is 14.7 Å². The third kappa shape index (κ3) is 2.31. The summed E-state index contributed by atoms with van der Waals surface area (Å²) in [5.41, 5.74) is 1.61. The Bertz CT molecular complexity index is 814. The Morgan fingerprint density at radius 1 is 1.10 bits per heavy atom. The molecule has 0 aliphatic carbocycles. The number of halogens is 1. The van der Waals surface area contributed by atoms with E-state index in [1.807, 2.05) is 0 Å². The Morgan fingerprint density at radius 3 is 2.67 bits per heavy atom. The molecule has 0 atom stereocenters. The molecule has 3 rings (SSSR count). The van der Waals surface area contributed by atoms with Crippen LogP contribution in [0.4, 0.5) is 4.39 Å². The highest BCUT2D eigenvalue weighted by Crippen LogP contribution is 2.30. The van der Waals surface area contributed by atoms with Gasteiger partial charge in [0.05, 0.1) is 0 Å². The summed E-state index contributed by atoms with van der Waals surface area (Å²) >= 11 is 0. The molecule has 2 N–H and O–H groups in total. The van der Waals surface area contributed by atoms with Crippen LogP contribution in [0.2, 0.25) is 0 Å². The number of rotatable bonds is 2. The number of phenols is 2. The Morgan fingerprint density at radius 2 is 1.90 bits per heavy atom. The van der Waals surface area contributed by atoms with Gasteiger partial charge in [-0.1, -0.05) is 11.2 Å². The van der Waals surface area contributed by atoms with Crippen LogP contribution >= 0.6 is 0 Å². The molecular weight excluding hydrogens is 275 g/mol. The Hall–Kier alpha value is -2.89. The fourth-order valence-corrected chi connectivity index (χ4v) is 1.95. The van der Waals surface area contributed by atoms with Gasteiger partial charge in [-0.05, 0) is 37.3 Å². The maximum Gasteiger partial charge on any atom is 0.258 e. The van der Waals surface area contributed by atoms with E-state index in [4.69, 9.17) is 4.52 Å². The lowest BCUT2D eigenvalue weighted by Crippen LogP contribution is -1.85. The number of hydrogen-bond donors (Lipinski definition) is 2. The third-order valence-electron chi connectivity index (χ3n) is 3.17. The van der Waals surface area contributed by atoms with Crippen molar-refractivity contribution in [1.82, 2.24) is 10.1 Å². The lowest BCUT2D eigenvalue weighted by atomic mass is 10.1. The van der Waals surface area contributed by atoms with E-state index in [9.17, 15) is 14.6 Å². The number of aromatic nitrogens is 2. The first-order valence-electron chi connectivity index (χ1n) is 6.18. The summed E-state index contributed by atoms with van der Waals surface area (Å²) in [7, 11) is 0. The minimum absolute atomic E-state index is 0.128. The van der Waals surface area contributed by atoms with Crippen molar-refractivity contribution in [2.75, 3.05) is 0 Å². The lowest BCUT2D eigenvalue weighted by molar-refractivity contribution is 0.429. The molecule has 1 heterocycles. The van der Waals surface area contributed by atoms with Crippen LogP contribution in [0.1, 0.15) is 5.56 Å². The summed E-state index contributed by atoms with van der Waals surface area (Å²) in [5.74, 6) is -0.639. The van der Waals surface area contributed by atoms with Gasteiger partial charge in [0.15, 0.2) is 11.6 Å². The van der Waals surface area contributed by atoms with Crippen molar-refractivity contribution >= 4 is 0 Å². The average Bonchev–Trinajstić information content (AvgIpc) is 2.94. The number of benzene rings is 2. The molecule has 21 heavy (non-hydrogen) atoms. The molecule has 1 aromatic heterocycles. The van der Waals surface area contributed by atoms with Crippen molar-refractivity contribution < 1.29 is 19.1 Å². The van der Waals surface area contributed by atoms with Gasteiger partial charge in [-0.15, -0.1) is 0 Å². The molecule has 2 aromatic carbocycles. The first-order valence-corrected chi connectivity index (χ1v) is 6.18. The summed E-state index contributed by atoms with van der Waals surface area (Å²) in [5, 5.41) is 22.6. The molecule has 0 fully saturated rings. The second-order valence-electron chi connectivity index (χ2n) is 4.54. The average molecular weight is 286 g/mol. The normalized spacial score (nSPS) is 10.8. The number of hydrogen-bond acceptors (Lipinski definition) is 5. The van der Waals surface area contributed by atoms with E-state index < -0.39 is 11.6 Å². The zero-order valence-corrected chi connectivity index (χ0v) is 11.0. The molecule has 0 bridgehead atoms. The summed E-state index contributed by atoms with van der Waals surface area (Å²) in [6.07, 6.45) is 0. The van der Waals surface area contributed by atoms with Crippen molar-refractivity contribution in [3.05, 3.63) is 47.8 Å². The van der Waals surface area contributed by atoms with Gasteiger partial charge in [0.2, 0.25) is 5.82 Å². The fourth-order valence-electron chi connectivity index (χ4n) is 1.95. The monoisotopic (exact) mass is 286 g/mol. The van der Waals surface area contributed by atoms with E-state index in [1.54, 1.807) is 25.1 Å². The van der Waals surface area contributed by atoms with Crippen molar-refractivity contribution in [1.29, 1.82) is 0 Å². The molecule has 0 unspecified atom stereocenters. The quantitative estimate of drug-likeness (QED) is 0.756. The largest absolute Gasteiger partial charge is 0.508 e. The fraction of sp³-hybridized carbons (Fsp3) is 0.0667. The van der Waals surface area contributed by atoms with Gasteiger partial charge in [0, 0.05) is 16.7 Å². The minimum atomic E-state index is -0.757. The lowest BCUT2D eigenvalue weighted by Gasteiger charge is -2.02. The zero-order valence-electron chi connectivity index (χ0n) is 11.0. The van der Waals surface area contributed by atoms with Crippen LogP contribution in [0.15, 0.2) is 40.9 Å². The molecule has 0 amide bonds. The highest BCUT2D eigenvalue weighted by Gasteiger charge is 2.15. The highest BCUT2D eigenvalue weighted by molar-refractivity contribution is 5.65. The molecule has 3 aromatic rings. The summed E-state index contributed by atoms with van der Waals surface area (Å²) in [6, 6.07) is 8.80. The summed E-state index contributed by atoms with van der Waals surface area (Å²) in [4.78, 5) is 4.19. The zero-order chi connectivity index (χ0) is 15.0. The maximum absolute atomic E-state index is 13.3. The van der Waals surface area contributed by atoms with Crippen molar-refractivity contribution in [2.45, 2.75) is 6.92 Å². The van der Waals surface area contributed by atoms with Crippen LogP contribution in [0.5, 0.6) is 11.5 Å². The van der Waals surface area contributed by atoms with Crippen LogP contribution in [-0.4, -0.2) is 20.4 Å². The number of phenolic OH excluding ortho intramolecular Hbond substituents is 2. The molecule has 0 spiro atoms. The Kier molecular flexibility index (Phi) is 3.06. The summed E-state index contributed by atoms with van der Waals surface area (Å²) < 4.78 is 18.5. The second kappa shape index (κ2) is 4.90. The molecule has 106 valence electrons. The minimum Gasteiger partial charge on any atom is -0.508 e. The Labute approximate surface area is 119 Å². The molecule has 0 radical (unpaired) electrons. The van der Waals surface area contributed by atoms with E-state index >= 15 is 0 Å². The molecule has 6 heteroatoms. The van der Waals surface area contributed by atoms with E-state index in [1.165, 1.54) is 12.1 Å². The SMILES string of the molecule is Cc1c(O)cccc1-c1nc(-c2ccc(O)c(F)c2)no1. The summed E-state index contributed by atoms with van der Waals surface area (Å²) in [6.45, 7) is 1.73. The van der Waals surface area contributed by atoms with Gasteiger partial charge in [-0.2, -0.15) is 4.98 Å². The smallest absolute Gasteiger partial charge is 0.258 e. The maximum atomic E-state index is 13.3. The number of aromatic hydroxyl groups is 2. The predicted molar refractivity (Wildman–Crippen MR) is 73.2 cm³/mol.